The minimum absolute atomic E-state index is 0.0696. The van der Waals surface area contributed by atoms with Gasteiger partial charge in [0.1, 0.15) is 5.82 Å². The Bertz CT molecular complexity index is 1300. The van der Waals surface area contributed by atoms with Gasteiger partial charge in [0.15, 0.2) is 5.78 Å². The number of carbonyl (C=O) groups is 2. The number of carbonyl (C=O) groups excluding carboxylic acids is 2. The molecule has 3 aromatic rings. The van der Waals surface area contributed by atoms with Crippen LogP contribution in [-0.4, -0.2) is 31.7 Å². The Kier molecular flexibility index (Phi) is 8.40. The summed E-state index contributed by atoms with van der Waals surface area (Å²) in [7, 11) is -4.18. The van der Waals surface area contributed by atoms with Crippen LogP contribution in [0.2, 0.25) is 0 Å². The van der Waals surface area contributed by atoms with Crippen LogP contribution in [0.25, 0.3) is 0 Å². The predicted molar refractivity (Wildman–Crippen MR) is 134 cm³/mol. The molecular weight excluding hydrogens is 484 g/mol. The zero-order valence-electron chi connectivity index (χ0n) is 20.4. The van der Waals surface area contributed by atoms with Crippen molar-refractivity contribution in [2.45, 2.75) is 50.1 Å². The van der Waals surface area contributed by atoms with E-state index in [0.29, 0.717) is 5.56 Å². The van der Waals surface area contributed by atoms with E-state index in [9.17, 15) is 26.8 Å². The van der Waals surface area contributed by atoms with Gasteiger partial charge in [-0.15, -0.1) is 0 Å². The molecule has 8 heteroatoms. The molecule has 0 spiro atoms. The van der Waals surface area contributed by atoms with Crippen molar-refractivity contribution in [1.82, 2.24) is 5.32 Å². The zero-order valence-corrected chi connectivity index (χ0v) is 21.2. The number of ketones is 1. The lowest BCUT2D eigenvalue weighted by atomic mass is 9.97. The molecule has 3 rings (SSSR count). The lowest BCUT2D eigenvalue weighted by Gasteiger charge is -2.23. The molecule has 0 fully saturated rings. The molecule has 0 saturated carbocycles. The van der Waals surface area contributed by atoms with Crippen molar-refractivity contribution >= 4 is 21.5 Å². The van der Waals surface area contributed by atoms with Crippen molar-refractivity contribution in [2.75, 3.05) is 0 Å². The van der Waals surface area contributed by atoms with E-state index in [1.807, 2.05) is 30.3 Å². The van der Waals surface area contributed by atoms with Crippen LogP contribution >= 0.6 is 0 Å². The molecule has 0 aliphatic carbocycles. The third-order valence-corrected chi connectivity index (χ3v) is 7.85. The van der Waals surface area contributed by atoms with Crippen LogP contribution in [0.5, 0.6) is 0 Å². The van der Waals surface area contributed by atoms with Gasteiger partial charge in [-0.05, 0) is 53.9 Å². The van der Waals surface area contributed by atoms with E-state index >= 15 is 0 Å². The summed E-state index contributed by atoms with van der Waals surface area (Å²) in [5, 5.41) is 2.73. The molecule has 0 bridgehead atoms. The van der Waals surface area contributed by atoms with Gasteiger partial charge in [-0.25, -0.2) is 17.2 Å². The first-order valence-electron chi connectivity index (χ1n) is 11.5. The van der Waals surface area contributed by atoms with Gasteiger partial charge in [-0.3, -0.25) is 9.59 Å². The highest BCUT2D eigenvalue weighted by atomic mass is 32.2. The van der Waals surface area contributed by atoms with E-state index in [2.05, 4.69) is 5.32 Å². The highest BCUT2D eigenvalue weighted by Crippen LogP contribution is 2.31. The van der Waals surface area contributed by atoms with Crippen LogP contribution in [0.3, 0.4) is 0 Å². The van der Waals surface area contributed by atoms with Gasteiger partial charge in [0.05, 0.1) is 10.9 Å². The van der Waals surface area contributed by atoms with Gasteiger partial charge >= 0.3 is 0 Å². The normalized spacial score (nSPS) is 13.6. The highest BCUT2D eigenvalue weighted by molar-refractivity contribution is 7.92. The average molecular weight is 514 g/mol. The predicted octanol–water partition coefficient (Wildman–Crippen LogP) is 5.09. The highest BCUT2D eigenvalue weighted by Gasteiger charge is 2.37. The number of benzene rings is 3. The molecule has 2 atom stereocenters. The summed E-state index contributed by atoms with van der Waals surface area (Å²) in [4.78, 5) is 25.8. The summed E-state index contributed by atoms with van der Waals surface area (Å²) in [6.07, 6.45) is 0.175. The first-order valence-corrected chi connectivity index (χ1v) is 13.0. The topological polar surface area (TPSA) is 80.3 Å². The minimum atomic E-state index is -4.18. The fraction of sp³-hybridized carbons (Fsp3) is 0.286. The monoisotopic (exact) mass is 513 g/mol. The standard InChI is InChI=1S/C28H29F2NO4S/c1-28(2,3)27(30)36(34,35)23-15-9-20(10-16-23)18-25(32)24(17-19-7-5-4-6-8-19)31-26(33)21-11-13-22(29)14-12-21/h4-16,24,27H,17-18H2,1-3H3,(H,31,33)/t24-,27?/m0/s1. The number of rotatable bonds is 9. The first kappa shape index (κ1) is 27.2. The number of hydrogen-bond donors (Lipinski definition) is 1. The Morgan fingerprint density at radius 1 is 0.861 bits per heavy atom. The van der Waals surface area contributed by atoms with E-state index in [1.54, 1.807) is 0 Å². The maximum Gasteiger partial charge on any atom is 0.251 e. The molecule has 0 radical (unpaired) electrons. The molecule has 0 aliphatic rings. The Hall–Kier alpha value is -3.39. The molecule has 190 valence electrons. The second kappa shape index (κ2) is 11.1. The zero-order chi connectivity index (χ0) is 26.5. The molecule has 0 aromatic heterocycles. The Morgan fingerprint density at radius 3 is 2.00 bits per heavy atom. The van der Waals surface area contributed by atoms with Crippen molar-refractivity contribution in [3.8, 4) is 0 Å². The molecule has 1 amide bonds. The van der Waals surface area contributed by atoms with Gasteiger partial charge in [0, 0.05) is 17.4 Å². The maximum absolute atomic E-state index is 14.6. The number of Topliss-reactive ketones (excluding diaryl/α,β-unsaturated/α-hetero) is 1. The largest absolute Gasteiger partial charge is 0.342 e. The van der Waals surface area contributed by atoms with E-state index in [0.717, 1.165) is 5.56 Å². The molecule has 1 N–H and O–H groups in total. The van der Waals surface area contributed by atoms with E-state index in [-0.39, 0.29) is 29.1 Å². The van der Waals surface area contributed by atoms with Crippen LogP contribution in [0.1, 0.15) is 42.3 Å². The van der Waals surface area contributed by atoms with E-state index in [1.165, 1.54) is 69.3 Å². The van der Waals surface area contributed by atoms with Gasteiger partial charge < -0.3 is 5.32 Å². The second-order valence-corrected chi connectivity index (χ2v) is 11.7. The summed E-state index contributed by atoms with van der Waals surface area (Å²) in [6.45, 7) is 4.53. The number of halogens is 2. The van der Waals surface area contributed by atoms with Crippen LogP contribution in [0.4, 0.5) is 8.78 Å². The summed E-state index contributed by atoms with van der Waals surface area (Å²) in [5.41, 5.74) is -1.57. The van der Waals surface area contributed by atoms with Gasteiger partial charge in [0.25, 0.3) is 5.91 Å². The van der Waals surface area contributed by atoms with Gasteiger partial charge in [-0.2, -0.15) is 0 Å². The second-order valence-electron chi connectivity index (χ2n) is 9.74. The van der Waals surface area contributed by atoms with Crippen molar-refractivity contribution in [3.05, 3.63) is 101 Å². The molecule has 0 aliphatic heterocycles. The maximum atomic E-state index is 14.6. The average Bonchev–Trinajstić information content (AvgIpc) is 2.84. The van der Waals surface area contributed by atoms with Gasteiger partial charge in [-0.1, -0.05) is 63.2 Å². The summed E-state index contributed by atoms with van der Waals surface area (Å²) in [6, 6.07) is 18.8. The molecule has 1 unspecified atom stereocenters. The number of nitrogens with one attached hydrogen (secondary N) is 1. The van der Waals surface area contributed by atoms with Crippen molar-refractivity contribution in [2.24, 2.45) is 5.41 Å². The molecular formula is C28H29F2NO4S. The van der Waals surface area contributed by atoms with Gasteiger partial charge in [0.2, 0.25) is 15.3 Å². The van der Waals surface area contributed by atoms with E-state index < -0.39 is 38.5 Å². The van der Waals surface area contributed by atoms with E-state index in [4.69, 9.17) is 0 Å². The van der Waals surface area contributed by atoms with Crippen LogP contribution < -0.4 is 5.32 Å². The quantitative estimate of drug-likeness (QED) is 0.432. The van der Waals surface area contributed by atoms with Crippen molar-refractivity contribution in [3.63, 3.8) is 0 Å². The van der Waals surface area contributed by atoms with Crippen LogP contribution in [0.15, 0.2) is 83.8 Å². The molecule has 36 heavy (non-hydrogen) atoms. The SMILES string of the molecule is CC(C)(C)C(F)S(=O)(=O)c1ccc(CC(=O)[C@H](Cc2ccccc2)NC(=O)c2ccc(F)cc2)cc1. The Labute approximate surface area is 210 Å². The number of sulfone groups is 1. The first-order chi connectivity index (χ1) is 16.9. The Morgan fingerprint density at radius 2 is 1.44 bits per heavy atom. The summed E-state index contributed by atoms with van der Waals surface area (Å²) >= 11 is 0. The fourth-order valence-electron chi connectivity index (χ4n) is 3.64. The van der Waals surface area contributed by atoms with Crippen LogP contribution in [0, 0.1) is 11.2 Å². The smallest absolute Gasteiger partial charge is 0.251 e. The fourth-order valence-corrected chi connectivity index (χ4v) is 5.33. The Balaban J connectivity index is 1.78. The van der Waals surface area contributed by atoms with Crippen molar-refractivity contribution in [1.29, 1.82) is 0 Å². The molecule has 0 heterocycles. The molecule has 5 nitrogen and oxygen atoms in total. The summed E-state index contributed by atoms with van der Waals surface area (Å²) < 4.78 is 53.0. The number of hydrogen-bond acceptors (Lipinski definition) is 4. The number of amides is 1. The lowest BCUT2D eigenvalue weighted by molar-refractivity contribution is -0.120. The van der Waals surface area contributed by atoms with Crippen LogP contribution in [-0.2, 0) is 27.5 Å². The molecule has 3 aromatic carbocycles. The summed E-state index contributed by atoms with van der Waals surface area (Å²) in [5.74, 6) is -1.28. The third-order valence-electron chi connectivity index (χ3n) is 5.67. The number of alkyl halides is 1. The van der Waals surface area contributed by atoms with Crippen molar-refractivity contribution < 1.29 is 26.8 Å². The lowest BCUT2D eigenvalue weighted by Crippen LogP contribution is -2.43. The third kappa shape index (κ3) is 6.85. The molecule has 0 saturated heterocycles. The minimum Gasteiger partial charge on any atom is -0.342 e.